The summed E-state index contributed by atoms with van der Waals surface area (Å²) < 4.78 is 0. The molecule has 56 valence electrons. The van der Waals surface area contributed by atoms with Crippen LogP contribution in [0.2, 0.25) is 0 Å². The van der Waals surface area contributed by atoms with Gasteiger partial charge in [-0.3, -0.25) is 0 Å². The number of nitrogens with zero attached hydrogens (tertiary/aromatic N) is 1. The molecule has 0 aromatic rings. The van der Waals surface area contributed by atoms with E-state index >= 15 is 0 Å². The zero-order valence-electron chi connectivity index (χ0n) is 5.98. The van der Waals surface area contributed by atoms with Crippen LogP contribution in [0.25, 0.3) is 0 Å². The lowest BCUT2D eigenvalue weighted by molar-refractivity contribution is 0.244. The molecule has 0 spiro atoms. The molecule has 0 heterocycles. The number of hydrogen-bond donors (Lipinski definition) is 2. The molecular formula is C6H11N3O. The highest BCUT2D eigenvalue weighted by Gasteiger charge is 1.93. The van der Waals surface area contributed by atoms with Crippen molar-refractivity contribution in [2.75, 3.05) is 6.54 Å². The van der Waals surface area contributed by atoms with Crippen LogP contribution in [0.4, 0.5) is 4.79 Å². The maximum Gasteiger partial charge on any atom is 0.327 e. The number of nitrogens with one attached hydrogen (secondary N) is 2. The van der Waals surface area contributed by atoms with E-state index in [2.05, 4.69) is 5.32 Å². The van der Waals surface area contributed by atoms with Crippen LogP contribution < -0.4 is 10.6 Å². The first-order chi connectivity index (χ1) is 4.81. The van der Waals surface area contributed by atoms with Gasteiger partial charge in [0.05, 0.1) is 0 Å². The van der Waals surface area contributed by atoms with E-state index < -0.39 is 6.03 Å². The Bertz CT molecular complexity index is 138. The van der Waals surface area contributed by atoms with Gasteiger partial charge in [-0.2, -0.15) is 5.26 Å². The molecule has 0 rings (SSSR count). The highest BCUT2D eigenvalue weighted by molar-refractivity contribution is 5.75. The molecule has 0 fully saturated rings. The molecule has 0 saturated heterocycles. The van der Waals surface area contributed by atoms with E-state index in [1.807, 2.05) is 12.2 Å². The van der Waals surface area contributed by atoms with Gasteiger partial charge < -0.3 is 5.32 Å². The number of rotatable bonds is 3. The van der Waals surface area contributed by atoms with Gasteiger partial charge >= 0.3 is 6.03 Å². The summed E-state index contributed by atoms with van der Waals surface area (Å²) >= 11 is 0. The van der Waals surface area contributed by atoms with Gasteiger partial charge in [0.25, 0.3) is 0 Å². The molecule has 4 heteroatoms. The summed E-state index contributed by atoms with van der Waals surface area (Å²) in [5.74, 6) is 0. The number of amides is 2. The molecule has 0 saturated carbocycles. The van der Waals surface area contributed by atoms with Crippen molar-refractivity contribution in [1.82, 2.24) is 10.6 Å². The molecule has 0 aliphatic heterocycles. The van der Waals surface area contributed by atoms with Crippen molar-refractivity contribution in [1.29, 1.82) is 5.26 Å². The molecule has 0 atom stereocenters. The summed E-state index contributed by atoms with van der Waals surface area (Å²) in [6.45, 7) is 2.66. The summed E-state index contributed by atoms with van der Waals surface area (Å²) in [6.07, 6.45) is 3.51. The van der Waals surface area contributed by atoms with Crippen LogP contribution in [-0.2, 0) is 0 Å². The van der Waals surface area contributed by atoms with Gasteiger partial charge in [-0.15, -0.1) is 0 Å². The third kappa shape index (κ3) is 4.91. The number of unbranched alkanes of at least 4 members (excludes halogenated alkanes) is 1. The second kappa shape index (κ2) is 5.89. The average Bonchev–Trinajstić information content (AvgIpc) is 1.89. The molecule has 2 amide bonds. The Hall–Kier alpha value is -1.24. The summed E-state index contributed by atoms with van der Waals surface area (Å²) in [7, 11) is 0. The molecule has 0 aromatic carbocycles. The SMILES string of the molecule is CCCCNC(=O)NC#N. The van der Waals surface area contributed by atoms with E-state index in [0.29, 0.717) is 6.54 Å². The predicted molar refractivity (Wildman–Crippen MR) is 37.1 cm³/mol. The quantitative estimate of drug-likeness (QED) is 0.343. The Balaban J connectivity index is 3.15. The Morgan fingerprint density at radius 3 is 2.90 bits per heavy atom. The minimum absolute atomic E-state index is 0.420. The fourth-order valence-electron chi connectivity index (χ4n) is 0.474. The van der Waals surface area contributed by atoms with E-state index in [-0.39, 0.29) is 0 Å². The normalized spacial score (nSPS) is 8.00. The van der Waals surface area contributed by atoms with Gasteiger partial charge in [-0.05, 0) is 6.42 Å². The Kier molecular flexibility index (Phi) is 5.16. The van der Waals surface area contributed by atoms with Crippen LogP contribution in [0.1, 0.15) is 19.8 Å². The highest BCUT2D eigenvalue weighted by atomic mass is 16.2. The first-order valence-electron chi connectivity index (χ1n) is 3.24. The number of carbonyl (C=O) groups excluding carboxylic acids is 1. The third-order valence-electron chi connectivity index (χ3n) is 0.985. The van der Waals surface area contributed by atoms with Gasteiger partial charge in [-0.1, -0.05) is 13.3 Å². The molecule has 0 aromatic heterocycles. The fraction of sp³-hybridized carbons (Fsp3) is 0.667. The summed E-state index contributed by atoms with van der Waals surface area (Å²) in [5.41, 5.74) is 0. The molecule has 0 aliphatic carbocycles. The first kappa shape index (κ1) is 8.76. The van der Waals surface area contributed by atoms with Crippen molar-refractivity contribution in [3.05, 3.63) is 0 Å². The van der Waals surface area contributed by atoms with Crippen molar-refractivity contribution >= 4 is 6.03 Å². The second-order valence-corrected chi connectivity index (χ2v) is 1.85. The molecule has 0 radical (unpaired) electrons. The first-order valence-corrected chi connectivity index (χ1v) is 3.24. The molecule has 0 unspecified atom stereocenters. The van der Waals surface area contributed by atoms with Crippen LogP contribution in [-0.4, -0.2) is 12.6 Å². The monoisotopic (exact) mass is 141 g/mol. The van der Waals surface area contributed by atoms with E-state index in [9.17, 15) is 4.79 Å². The standard InChI is InChI=1S/C6H11N3O/c1-2-3-4-8-6(10)9-5-7/h2-4H2,1H3,(H2,8,9,10). The molecular weight excluding hydrogens is 130 g/mol. The average molecular weight is 141 g/mol. The molecule has 10 heavy (non-hydrogen) atoms. The zero-order valence-corrected chi connectivity index (χ0v) is 5.98. The van der Waals surface area contributed by atoms with Crippen molar-refractivity contribution < 1.29 is 4.79 Å². The van der Waals surface area contributed by atoms with Crippen molar-refractivity contribution in [2.45, 2.75) is 19.8 Å². The lowest BCUT2D eigenvalue weighted by Crippen LogP contribution is -2.32. The van der Waals surface area contributed by atoms with E-state index in [0.717, 1.165) is 12.8 Å². The lowest BCUT2D eigenvalue weighted by Gasteiger charge is -1.99. The smallest absolute Gasteiger partial charge is 0.327 e. The highest BCUT2D eigenvalue weighted by Crippen LogP contribution is 1.81. The minimum Gasteiger partial charge on any atom is -0.337 e. The van der Waals surface area contributed by atoms with Gasteiger partial charge in [0, 0.05) is 6.54 Å². The minimum atomic E-state index is -0.420. The Morgan fingerprint density at radius 2 is 2.40 bits per heavy atom. The van der Waals surface area contributed by atoms with Crippen LogP contribution in [0.5, 0.6) is 0 Å². The van der Waals surface area contributed by atoms with Crippen molar-refractivity contribution in [3.8, 4) is 6.19 Å². The maximum atomic E-state index is 10.5. The summed E-state index contributed by atoms with van der Waals surface area (Å²) in [5, 5.41) is 12.4. The lowest BCUT2D eigenvalue weighted by atomic mass is 10.3. The predicted octanol–water partition coefficient (Wildman–Crippen LogP) is 0.567. The number of carbonyl (C=O) groups is 1. The summed E-state index contributed by atoms with van der Waals surface area (Å²) in [6, 6.07) is -0.420. The molecule has 4 nitrogen and oxygen atoms in total. The van der Waals surface area contributed by atoms with Gasteiger partial charge in [0.1, 0.15) is 0 Å². The second-order valence-electron chi connectivity index (χ2n) is 1.85. The van der Waals surface area contributed by atoms with Gasteiger partial charge in [0.15, 0.2) is 6.19 Å². The Labute approximate surface area is 60.2 Å². The number of hydrogen-bond acceptors (Lipinski definition) is 2. The topological polar surface area (TPSA) is 64.9 Å². The largest absolute Gasteiger partial charge is 0.337 e. The Morgan fingerprint density at radius 1 is 1.70 bits per heavy atom. The van der Waals surface area contributed by atoms with Crippen molar-refractivity contribution in [2.24, 2.45) is 0 Å². The maximum absolute atomic E-state index is 10.5. The fourth-order valence-corrected chi connectivity index (χ4v) is 0.474. The van der Waals surface area contributed by atoms with Gasteiger partial charge in [-0.25, -0.2) is 10.1 Å². The van der Waals surface area contributed by atoms with Crippen LogP contribution in [0.3, 0.4) is 0 Å². The number of nitriles is 1. The van der Waals surface area contributed by atoms with Gasteiger partial charge in [0.2, 0.25) is 0 Å². The van der Waals surface area contributed by atoms with E-state index in [1.54, 1.807) is 0 Å². The molecule has 0 bridgehead atoms. The zero-order chi connectivity index (χ0) is 7.82. The van der Waals surface area contributed by atoms with Crippen LogP contribution in [0.15, 0.2) is 0 Å². The van der Waals surface area contributed by atoms with Crippen LogP contribution >= 0.6 is 0 Å². The van der Waals surface area contributed by atoms with E-state index in [4.69, 9.17) is 5.26 Å². The van der Waals surface area contributed by atoms with Crippen molar-refractivity contribution in [3.63, 3.8) is 0 Å². The third-order valence-corrected chi connectivity index (χ3v) is 0.985. The molecule has 2 N–H and O–H groups in total. The van der Waals surface area contributed by atoms with Crippen LogP contribution in [0, 0.1) is 11.5 Å². The number of urea groups is 1. The van der Waals surface area contributed by atoms with E-state index in [1.165, 1.54) is 6.19 Å². The molecule has 0 aliphatic rings. The summed E-state index contributed by atoms with van der Waals surface area (Å²) in [4.78, 5) is 10.5.